The number of anilines is 1. The molecule has 0 saturated carbocycles. The summed E-state index contributed by atoms with van der Waals surface area (Å²) in [7, 11) is -0.473. The molecule has 0 aliphatic rings. The predicted octanol–water partition coefficient (Wildman–Crippen LogP) is 3.22. The first-order valence-corrected chi connectivity index (χ1v) is 9.14. The highest BCUT2D eigenvalue weighted by atomic mass is 79.9. The van der Waals surface area contributed by atoms with Crippen molar-refractivity contribution >= 4 is 37.3 Å². The zero-order chi connectivity index (χ0) is 17.9. The highest BCUT2D eigenvalue weighted by Crippen LogP contribution is 2.27. The maximum atomic E-state index is 12.0. The molecule has 9 heteroatoms. The number of hydrogen-bond donors (Lipinski definition) is 1. The molecule has 0 aromatic heterocycles. The fraction of sp³-hybridized carbons (Fsp3) is 0.200. The quantitative estimate of drug-likeness (QED) is 0.579. The van der Waals surface area contributed by atoms with Crippen LogP contribution in [0.25, 0.3) is 0 Å². The van der Waals surface area contributed by atoms with Crippen LogP contribution in [0.3, 0.4) is 0 Å². The van der Waals surface area contributed by atoms with E-state index >= 15 is 0 Å². The Balaban J connectivity index is 2.09. The van der Waals surface area contributed by atoms with Gasteiger partial charge in [0, 0.05) is 42.9 Å². The third-order valence-electron chi connectivity index (χ3n) is 3.35. The summed E-state index contributed by atoms with van der Waals surface area (Å²) in [6.45, 7) is 0.457. The standard InChI is InChI=1S/C15H16BrN3O4S/c1-18(2)24(22,23)13-6-3-11(4-7-13)10-17-15-8-5-12(19(20)21)9-14(15)16/h3-9,17H,10H2,1-2H3. The summed E-state index contributed by atoms with van der Waals surface area (Å²) in [6, 6.07) is 11.0. The average molecular weight is 414 g/mol. The number of hydrogen-bond acceptors (Lipinski definition) is 5. The monoisotopic (exact) mass is 413 g/mol. The van der Waals surface area contributed by atoms with Crippen molar-refractivity contribution in [1.82, 2.24) is 4.31 Å². The Hall–Kier alpha value is -1.97. The van der Waals surface area contributed by atoms with Crippen molar-refractivity contribution in [2.24, 2.45) is 0 Å². The van der Waals surface area contributed by atoms with Gasteiger partial charge in [-0.3, -0.25) is 10.1 Å². The van der Waals surface area contributed by atoms with Gasteiger partial charge in [0.05, 0.1) is 9.82 Å². The minimum absolute atomic E-state index is 0.00525. The fourth-order valence-corrected chi connectivity index (χ4v) is 3.36. The number of halogens is 1. The first kappa shape index (κ1) is 18.4. The molecular formula is C15H16BrN3O4S. The molecule has 0 bridgehead atoms. The van der Waals surface area contributed by atoms with E-state index in [0.29, 0.717) is 16.7 Å². The van der Waals surface area contributed by atoms with Gasteiger partial charge in [-0.25, -0.2) is 12.7 Å². The minimum atomic E-state index is -3.44. The van der Waals surface area contributed by atoms with Crippen LogP contribution < -0.4 is 5.32 Å². The molecule has 0 aliphatic carbocycles. The maximum Gasteiger partial charge on any atom is 0.270 e. The molecule has 0 saturated heterocycles. The number of sulfonamides is 1. The maximum absolute atomic E-state index is 12.0. The van der Waals surface area contributed by atoms with Gasteiger partial charge in [0.15, 0.2) is 0 Å². The van der Waals surface area contributed by atoms with Crippen molar-refractivity contribution in [3.05, 3.63) is 62.6 Å². The zero-order valence-corrected chi connectivity index (χ0v) is 15.5. The molecule has 0 amide bonds. The molecule has 0 unspecified atom stereocenters. The van der Waals surface area contributed by atoms with E-state index in [4.69, 9.17) is 0 Å². The number of nitro benzene ring substituents is 1. The first-order chi connectivity index (χ1) is 11.2. The summed E-state index contributed by atoms with van der Waals surface area (Å²) in [5.74, 6) is 0. The van der Waals surface area contributed by atoms with E-state index in [9.17, 15) is 18.5 Å². The zero-order valence-electron chi connectivity index (χ0n) is 13.1. The summed E-state index contributed by atoms with van der Waals surface area (Å²) in [6.07, 6.45) is 0. The van der Waals surface area contributed by atoms with E-state index in [1.165, 1.54) is 26.2 Å². The SMILES string of the molecule is CN(C)S(=O)(=O)c1ccc(CNc2ccc([N+](=O)[O-])cc2Br)cc1. The molecule has 0 fully saturated rings. The Bertz CT molecular complexity index is 852. The van der Waals surface area contributed by atoms with Crippen molar-refractivity contribution in [2.45, 2.75) is 11.4 Å². The van der Waals surface area contributed by atoms with E-state index in [2.05, 4.69) is 21.2 Å². The van der Waals surface area contributed by atoms with Gasteiger partial charge in [0.1, 0.15) is 0 Å². The molecule has 128 valence electrons. The van der Waals surface area contributed by atoms with Gasteiger partial charge < -0.3 is 5.32 Å². The number of non-ortho nitro benzene ring substituents is 1. The largest absolute Gasteiger partial charge is 0.380 e. The molecular weight excluding hydrogens is 398 g/mol. The third-order valence-corrected chi connectivity index (χ3v) is 5.83. The lowest BCUT2D eigenvalue weighted by Gasteiger charge is -2.12. The van der Waals surface area contributed by atoms with Gasteiger partial charge in [-0.05, 0) is 39.7 Å². The Morgan fingerprint density at radius 3 is 2.29 bits per heavy atom. The molecule has 2 rings (SSSR count). The van der Waals surface area contributed by atoms with Crippen LogP contribution in [0.1, 0.15) is 5.56 Å². The fourth-order valence-electron chi connectivity index (χ4n) is 1.95. The molecule has 0 atom stereocenters. The highest BCUT2D eigenvalue weighted by molar-refractivity contribution is 9.10. The van der Waals surface area contributed by atoms with Crippen LogP contribution in [0.2, 0.25) is 0 Å². The topological polar surface area (TPSA) is 92.6 Å². The minimum Gasteiger partial charge on any atom is -0.380 e. The van der Waals surface area contributed by atoms with Crippen LogP contribution in [-0.2, 0) is 16.6 Å². The summed E-state index contributed by atoms with van der Waals surface area (Å²) in [5.41, 5.74) is 1.61. The van der Waals surface area contributed by atoms with Gasteiger partial charge in [0.2, 0.25) is 10.0 Å². The molecule has 2 aromatic carbocycles. The van der Waals surface area contributed by atoms with Crippen LogP contribution in [0.15, 0.2) is 51.8 Å². The lowest BCUT2D eigenvalue weighted by Crippen LogP contribution is -2.22. The molecule has 0 spiro atoms. The third kappa shape index (κ3) is 4.11. The van der Waals surface area contributed by atoms with E-state index in [1.807, 2.05) is 0 Å². The van der Waals surface area contributed by atoms with Crippen molar-refractivity contribution in [1.29, 1.82) is 0 Å². The lowest BCUT2D eigenvalue weighted by molar-refractivity contribution is -0.384. The van der Waals surface area contributed by atoms with Crippen LogP contribution in [-0.4, -0.2) is 31.7 Å². The molecule has 24 heavy (non-hydrogen) atoms. The second-order valence-electron chi connectivity index (χ2n) is 5.21. The van der Waals surface area contributed by atoms with Gasteiger partial charge in [-0.15, -0.1) is 0 Å². The molecule has 0 aliphatic heterocycles. The van der Waals surface area contributed by atoms with E-state index < -0.39 is 14.9 Å². The summed E-state index contributed by atoms with van der Waals surface area (Å²) in [4.78, 5) is 10.5. The van der Waals surface area contributed by atoms with Crippen LogP contribution in [0.5, 0.6) is 0 Å². The van der Waals surface area contributed by atoms with Crippen molar-refractivity contribution < 1.29 is 13.3 Å². The van der Waals surface area contributed by atoms with Gasteiger partial charge in [0.25, 0.3) is 5.69 Å². The van der Waals surface area contributed by atoms with Crippen LogP contribution in [0.4, 0.5) is 11.4 Å². The molecule has 2 aromatic rings. The number of benzene rings is 2. The second-order valence-corrected chi connectivity index (χ2v) is 8.21. The average Bonchev–Trinajstić information content (AvgIpc) is 2.53. The molecule has 0 heterocycles. The molecule has 0 radical (unpaired) electrons. The van der Waals surface area contributed by atoms with Gasteiger partial charge in [-0.2, -0.15) is 0 Å². The number of nitrogens with zero attached hydrogens (tertiary/aromatic N) is 2. The Kier molecular flexibility index (Phi) is 5.58. The molecule has 7 nitrogen and oxygen atoms in total. The van der Waals surface area contributed by atoms with E-state index in [1.54, 1.807) is 30.3 Å². The summed E-state index contributed by atoms with van der Waals surface area (Å²) in [5, 5.41) is 13.9. The van der Waals surface area contributed by atoms with Gasteiger partial charge in [-0.1, -0.05) is 12.1 Å². The van der Waals surface area contributed by atoms with Crippen molar-refractivity contribution in [2.75, 3.05) is 19.4 Å². The van der Waals surface area contributed by atoms with Gasteiger partial charge >= 0.3 is 0 Å². The Labute approximate surface area is 148 Å². The predicted molar refractivity (Wildman–Crippen MR) is 95.4 cm³/mol. The summed E-state index contributed by atoms with van der Waals surface area (Å²) < 4.78 is 25.8. The Morgan fingerprint density at radius 1 is 1.17 bits per heavy atom. The number of nitro groups is 1. The number of rotatable bonds is 6. The normalized spacial score (nSPS) is 11.5. The van der Waals surface area contributed by atoms with Crippen LogP contribution in [0, 0.1) is 10.1 Å². The van der Waals surface area contributed by atoms with E-state index in [0.717, 1.165) is 9.87 Å². The lowest BCUT2D eigenvalue weighted by atomic mass is 10.2. The highest BCUT2D eigenvalue weighted by Gasteiger charge is 2.16. The summed E-state index contributed by atoms with van der Waals surface area (Å²) >= 11 is 3.29. The molecule has 1 N–H and O–H groups in total. The first-order valence-electron chi connectivity index (χ1n) is 6.91. The van der Waals surface area contributed by atoms with Crippen LogP contribution >= 0.6 is 15.9 Å². The van der Waals surface area contributed by atoms with E-state index in [-0.39, 0.29) is 10.6 Å². The second kappa shape index (κ2) is 7.29. The van der Waals surface area contributed by atoms with Crippen molar-refractivity contribution in [3.63, 3.8) is 0 Å². The smallest absolute Gasteiger partial charge is 0.270 e. The van der Waals surface area contributed by atoms with Crippen molar-refractivity contribution in [3.8, 4) is 0 Å². The Morgan fingerprint density at radius 2 is 1.79 bits per heavy atom. The number of nitrogens with one attached hydrogen (secondary N) is 1.